The molecular formula is C19H25N5O2. The van der Waals surface area contributed by atoms with E-state index in [1.807, 2.05) is 20.8 Å². The van der Waals surface area contributed by atoms with Gasteiger partial charge in [0.25, 0.3) is 5.91 Å². The second kappa shape index (κ2) is 6.16. The summed E-state index contributed by atoms with van der Waals surface area (Å²) in [5.74, 6) is 1.58. The van der Waals surface area contributed by atoms with E-state index in [1.165, 1.54) is 0 Å². The van der Waals surface area contributed by atoms with Crippen molar-refractivity contribution in [2.45, 2.75) is 52.0 Å². The molecule has 0 bridgehead atoms. The molecular weight excluding hydrogens is 330 g/mol. The molecule has 2 heterocycles. The Bertz CT molecular complexity index is 824. The second-order valence-corrected chi connectivity index (χ2v) is 8.40. The van der Waals surface area contributed by atoms with E-state index in [9.17, 15) is 9.90 Å². The monoisotopic (exact) mass is 355 g/mol. The van der Waals surface area contributed by atoms with Gasteiger partial charge in [-0.05, 0) is 30.6 Å². The van der Waals surface area contributed by atoms with Crippen LogP contribution in [0.2, 0.25) is 0 Å². The Labute approximate surface area is 152 Å². The van der Waals surface area contributed by atoms with Gasteiger partial charge in [0.15, 0.2) is 11.5 Å². The lowest BCUT2D eigenvalue weighted by Gasteiger charge is -2.29. The first-order chi connectivity index (χ1) is 12.4. The summed E-state index contributed by atoms with van der Waals surface area (Å²) in [5, 5.41) is 17.3. The largest absolute Gasteiger partial charge is 0.394 e. The predicted octanol–water partition coefficient (Wildman–Crippen LogP) is 1.85. The van der Waals surface area contributed by atoms with Crippen LogP contribution in [-0.2, 0) is 6.42 Å². The number of nitrogens with one attached hydrogen (secondary N) is 1. The maximum atomic E-state index is 13.0. The minimum atomic E-state index is -0.329. The van der Waals surface area contributed by atoms with Crippen molar-refractivity contribution in [1.82, 2.24) is 25.1 Å². The highest BCUT2D eigenvalue weighted by Crippen LogP contribution is 2.55. The summed E-state index contributed by atoms with van der Waals surface area (Å²) in [4.78, 5) is 21.5. The molecule has 1 saturated carbocycles. The summed E-state index contributed by atoms with van der Waals surface area (Å²) in [6, 6.07) is -0.329. The first-order valence-electron chi connectivity index (χ1n) is 9.20. The fourth-order valence-corrected chi connectivity index (χ4v) is 3.84. The molecule has 7 heteroatoms. The molecule has 1 amide bonds. The van der Waals surface area contributed by atoms with Crippen LogP contribution in [0.4, 0.5) is 0 Å². The molecule has 4 rings (SSSR count). The second-order valence-electron chi connectivity index (χ2n) is 8.40. The molecule has 26 heavy (non-hydrogen) atoms. The van der Waals surface area contributed by atoms with Gasteiger partial charge in [-0.3, -0.25) is 9.78 Å². The molecule has 3 atom stereocenters. The number of amides is 1. The number of carbonyl (C=O) groups excluding carboxylic acids is 1. The number of hydrogen-bond acceptors (Lipinski definition) is 5. The third kappa shape index (κ3) is 2.90. The van der Waals surface area contributed by atoms with Gasteiger partial charge >= 0.3 is 0 Å². The van der Waals surface area contributed by atoms with Gasteiger partial charge in [0.05, 0.1) is 24.5 Å². The van der Waals surface area contributed by atoms with Crippen molar-refractivity contribution in [3.63, 3.8) is 0 Å². The van der Waals surface area contributed by atoms with Crippen LogP contribution in [0.1, 0.15) is 61.3 Å². The van der Waals surface area contributed by atoms with Crippen LogP contribution in [0.3, 0.4) is 0 Å². The van der Waals surface area contributed by atoms with Gasteiger partial charge < -0.3 is 10.4 Å². The van der Waals surface area contributed by atoms with Crippen molar-refractivity contribution < 1.29 is 9.90 Å². The molecule has 2 aromatic heterocycles. The molecule has 0 saturated heterocycles. The fourth-order valence-electron chi connectivity index (χ4n) is 3.84. The molecule has 0 unspecified atom stereocenters. The van der Waals surface area contributed by atoms with Crippen molar-refractivity contribution in [3.8, 4) is 5.82 Å². The van der Waals surface area contributed by atoms with Crippen LogP contribution in [0.15, 0.2) is 18.6 Å². The topological polar surface area (TPSA) is 92.9 Å². The van der Waals surface area contributed by atoms with Crippen LogP contribution in [0.5, 0.6) is 0 Å². The van der Waals surface area contributed by atoms with Crippen molar-refractivity contribution in [2.24, 2.45) is 11.3 Å². The van der Waals surface area contributed by atoms with Gasteiger partial charge in [-0.1, -0.05) is 20.8 Å². The molecule has 2 aliphatic carbocycles. The third-order valence-electron chi connectivity index (χ3n) is 5.58. The smallest absolute Gasteiger partial charge is 0.272 e. The van der Waals surface area contributed by atoms with Crippen molar-refractivity contribution in [1.29, 1.82) is 0 Å². The number of fused-ring (bicyclic) bond motifs is 3. The van der Waals surface area contributed by atoms with Gasteiger partial charge in [0.1, 0.15) is 0 Å². The zero-order valence-electron chi connectivity index (χ0n) is 15.4. The predicted molar refractivity (Wildman–Crippen MR) is 96.1 cm³/mol. The van der Waals surface area contributed by atoms with Crippen molar-refractivity contribution >= 4 is 5.91 Å². The number of rotatable bonds is 4. The number of nitrogens with zero attached hydrogens (tertiary/aromatic N) is 4. The van der Waals surface area contributed by atoms with Crippen LogP contribution >= 0.6 is 0 Å². The molecule has 0 aliphatic heterocycles. The summed E-state index contributed by atoms with van der Waals surface area (Å²) in [5.41, 5.74) is 2.36. The number of aromatic nitrogens is 4. The average Bonchev–Trinajstić information content (AvgIpc) is 3.31. The minimum absolute atomic E-state index is 0.104. The molecule has 2 N–H and O–H groups in total. The molecule has 7 nitrogen and oxygen atoms in total. The van der Waals surface area contributed by atoms with E-state index in [1.54, 1.807) is 23.3 Å². The highest BCUT2D eigenvalue weighted by Gasteiger charge is 2.47. The van der Waals surface area contributed by atoms with E-state index in [2.05, 4.69) is 20.4 Å². The van der Waals surface area contributed by atoms with Crippen LogP contribution in [0.25, 0.3) is 5.82 Å². The molecule has 0 spiro atoms. The van der Waals surface area contributed by atoms with Gasteiger partial charge in [-0.2, -0.15) is 5.10 Å². The Hall–Kier alpha value is -2.28. The first kappa shape index (κ1) is 17.1. The summed E-state index contributed by atoms with van der Waals surface area (Å²) >= 11 is 0. The van der Waals surface area contributed by atoms with E-state index in [-0.39, 0.29) is 24.0 Å². The molecule has 2 aliphatic rings. The molecule has 0 aromatic carbocycles. The quantitative estimate of drug-likeness (QED) is 0.873. The van der Waals surface area contributed by atoms with Crippen LogP contribution in [-0.4, -0.2) is 43.4 Å². The lowest BCUT2D eigenvalue weighted by molar-refractivity contribution is 0.0841. The highest BCUT2D eigenvalue weighted by molar-refractivity contribution is 5.94. The van der Waals surface area contributed by atoms with Gasteiger partial charge in [0.2, 0.25) is 0 Å². The zero-order chi connectivity index (χ0) is 18.5. The molecule has 2 aromatic rings. The lowest BCUT2D eigenvalue weighted by atomic mass is 9.87. The molecule has 0 radical (unpaired) electrons. The van der Waals surface area contributed by atoms with E-state index in [4.69, 9.17) is 0 Å². The minimum Gasteiger partial charge on any atom is -0.394 e. The van der Waals surface area contributed by atoms with Crippen LogP contribution in [0, 0.1) is 11.3 Å². The summed E-state index contributed by atoms with van der Waals surface area (Å²) in [6.07, 6.45) is 8.06. The summed E-state index contributed by atoms with van der Waals surface area (Å²) < 4.78 is 1.80. The fraction of sp³-hybridized carbons (Fsp3) is 0.579. The first-order valence-corrected chi connectivity index (χ1v) is 9.20. The number of carbonyl (C=O) groups is 1. The van der Waals surface area contributed by atoms with Crippen molar-refractivity contribution in [3.05, 3.63) is 35.5 Å². The van der Waals surface area contributed by atoms with E-state index in [0.717, 1.165) is 30.5 Å². The van der Waals surface area contributed by atoms with Gasteiger partial charge in [-0.15, -0.1) is 0 Å². The van der Waals surface area contributed by atoms with E-state index in [0.29, 0.717) is 23.3 Å². The Morgan fingerprint density at radius 1 is 1.42 bits per heavy atom. The average molecular weight is 355 g/mol. The molecule has 138 valence electrons. The number of aliphatic hydroxyl groups is 1. The SMILES string of the molecule is CC(C)(C)[C@@H](CO)NC(=O)c1nn(-c2cnccn2)c2c1CC[C@@H]1C[C@H]21. The summed E-state index contributed by atoms with van der Waals surface area (Å²) in [6.45, 7) is 5.89. The van der Waals surface area contributed by atoms with Crippen molar-refractivity contribution in [2.75, 3.05) is 6.61 Å². The number of aliphatic hydroxyl groups excluding tert-OH is 1. The van der Waals surface area contributed by atoms with Crippen LogP contribution < -0.4 is 5.32 Å². The highest BCUT2D eigenvalue weighted by atomic mass is 16.3. The Morgan fingerprint density at radius 3 is 2.88 bits per heavy atom. The maximum Gasteiger partial charge on any atom is 0.272 e. The standard InChI is InChI=1S/C19H25N5O2/c1-19(2,3)14(10-25)22-18(26)16-12-5-4-11-8-13(11)17(12)24(23-16)15-9-20-6-7-21-15/h6-7,9,11,13-14,25H,4-5,8,10H2,1-3H3,(H,22,26)/t11-,13+,14-/m1/s1. The van der Waals surface area contributed by atoms with Gasteiger partial charge in [0, 0.05) is 23.9 Å². The van der Waals surface area contributed by atoms with E-state index < -0.39 is 0 Å². The Morgan fingerprint density at radius 2 is 2.23 bits per heavy atom. The zero-order valence-corrected chi connectivity index (χ0v) is 15.4. The van der Waals surface area contributed by atoms with E-state index >= 15 is 0 Å². The summed E-state index contributed by atoms with van der Waals surface area (Å²) in [7, 11) is 0. The lowest BCUT2D eigenvalue weighted by Crippen LogP contribution is -2.46. The Kier molecular flexibility index (Phi) is 4.06. The molecule has 1 fully saturated rings. The normalized spacial score (nSPS) is 22.3. The number of hydrogen-bond donors (Lipinski definition) is 2. The third-order valence-corrected chi connectivity index (χ3v) is 5.58. The van der Waals surface area contributed by atoms with Gasteiger partial charge in [-0.25, -0.2) is 9.67 Å². The maximum absolute atomic E-state index is 13.0. The Balaban J connectivity index is 1.72.